The Morgan fingerprint density at radius 1 is 1.38 bits per heavy atom. The Morgan fingerprint density at radius 3 is 2.90 bits per heavy atom. The van der Waals surface area contributed by atoms with E-state index >= 15 is 0 Å². The maximum absolute atomic E-state index is 12.8. The van der Waals surface area contributed by atoms with Crippen LogP contribution in [0.5, 0.6) is 0 Å². The number of hydrogen-bond donors (Lipinski definition) is 1. The van der Waals surface area contributed by atoms with Gasteiger partial charge in [0.25, 0.3) is 5.91 Å². The average Bonchev–Trinajstić information content (AvgIpc) is 3.08. The van der Waals surface area contributed by atoms with E-state index < -0.39 is 0 Å². The van der Waals surface area contributed by atoms with Gasteiger partial charge in [0.2, 0.25) is 0 Å². The molecule has 1 aliphatic heterocycles. The van der Waals surface area contributed by atoms with E-state index in [2.05, 4.69) is 23.2 Å². The zero-order valence-corrected chi connectivity index (χ0v) is 13.8. The number of amides is 1. The lowest BCUT2D eigenvalue weighted by Crippen LogP contribution is -2.39. The minimum Gasteiger partial charge on any atom is -0.338 e. The third-order valence-corrected chi connectivity index (χ3v) is 5.90. The molecule has 0 atom stereocenters. The molecule has 2 heterocycles. The van der Waals surface area contributed by atoms with Crippen LogP contribution in [0.3, 0.4) is 0 Å². The summed E-state index contributed by atoms with van der Waals surface area (Å²) in [5.74, 6) is 0.948. The van der Waals surface area contributed by atoms with Crippen LogP contribution in [0, 0.1) is 5.92 Å². The maximum atomic E-state index is 12.8. The molecule has 4 heteroatoms. The lowest BCUT2D eigenvalue weighted by Gasteiger charge is -2.29. The second kappa shape index (κ2) is 6.93. The fraction of sp³-hybridized carbons (Fsp3) is 0.706. The summed E-state index contributed by atoms with van der Waals surface area (Å²) in [5.41, 5.74) is 1.43. The number of thiophene rings is 1. The summed E-state index contributed by atoms with van der Waals surface area (Å²) in [5, 5.41) is 3.41. The fourth-order valence-electron chi connectivity index (χ4n) is 3.51. The number of nitrogens with one attached hydrogen (secondary N) is 1. The lowest BCUT2D eigenvalue weighted by atomic mass is 9.97. The smallest absolute Gasteiger partial charge is 0.263 e. The second-order valence-corrected chi connectivity index (χ2v) is 7.49. The van der Waals surface area contributed by atoms with Crippen molar-refractivity contribution in [3.05, 3.63) is 21.4 Å². The molecule has 3 nitrogen and oxygen atoms in total. The van der Waals surface area contributed by atoms with Gasteiger partial charge in [-0.2, -0.15) is 0 Å². The second-order valence-electron chi connectivity index (χ2n) is 6.36. The molecule has 3 rings (SSSR count). The van der Waals surface area contributed by atoms with E-state index in [1.54, 1.807) is 11.3 Å². The molecule has 1 aromatic heterocycles. The van der Waals surface area contributed by atoms with Crippen molar-refractivity contribution in [2.45, 2.75) is 45.4 Å². The first-order valence-electron chi connectivity index (χ1n) is 8.39. The highest BCUT2D eigenvalue weighted by molar-refractivity contribution is 7.14. The van der Waals surface area contributed by atoms with Gasteiger partial charge < -0.3 is 10.2 Å². The third-order valence-electron chi connectivity index (χ3n) is 4.68. The van der Waals surface area contributed by atoms with E-state index in [4.69, 9.17) is 0 Å². The van der Waals surface area contributed by atoms with Crippen molar-refractivity contribution >= 4 is 17.2 Å². The van der Waals surface area contributed by atoms with E-state index in [0.717, 1.165) is 37.5 Å². The summed E-state index contributed by atoms with van der Waals surface area (Å²) in [6.07, 6.45) is 7.06. The van der Waals surface area contributed by atoms with Gasteiger partial charge in [-0.15, -0.1) is 11.3 Å². The van der Waals surface area contributed by atoms with Crippen molar-refractivity contribution in [2.75, 3.05) is 26.2 Å². The lowest BCUT2D eigenvalue weighted by molar-refractivity contribution is 0.0721. The van der Waals surface area contributed by atoms with Crippen LogP contribution in [0.15, 0.2) is 6.07 Å². The molecule has 21 heavy (non-hydrogen) atoms. The standard InChI is InChI=1S/C17H26N2OS/c1-2-10-19(12-13-6-8-18-9-7-13)17(20)16-11-14-4-3-5-15(14)21-16/h11,13,18H,2-10,12H2,1H3. The van der Waals surface area contributed by atoms with Crippen LogP contribution in [0.2, 0.25) is 0 Å². The summed E-state index contributed by atoms with van der Waals surface area (Å²) in [6, 6.07) is 2.17. The molecule has 1 aliphatic carbocycles. The SMILES string of the molecule is CCCN(CC1CCNCC1)C(=O)c1cc2c(s1)CCC2. The summed E-state index contributed by atoms with van der Waals surface area (Å²) in [7, 11) is 0. The number of carbonyl (C=O) groups is 1. The van der Waals surface area contributed by atoms with E-state index in [0.29, 0.717) is 5.92 Å². The van der Waals surface area contributed by atoms with Crippen LogP contribution in [-0.2, 0) is 12.8 Å². The molecule has 0 radical (unpaired) electrons. The average molecular weight is 306 g/mol. The van der Waals surface area contributed by atoms with Crippen molar-refractivity contribution in [1.82, 2.24) is 10.2 Å². The molecular formula is C17H26N2OS. The summed E-state index contributed by atoms with van der Waals surface area (Å²) in [4.78, 5) is 17.4. The topological polar surface area (TPSA) is 32.3 Å². The Hall–Kier alpha value is -0.870. The monoisotopic (exact) mass is 306 g/mol. The molecule has 2 aliphatic rings. The molecule has 0 spiro atoms. The van der Waals surface area contributed by atoms with Gasteiger partial charge in [0.1, 0.15) is 0 Å². The molecule has 1 N–H and O–H groups in total. The largest absolute Gasteiger partial charge is 0.338 e. The number of rotatable bonds is 5. The Balaban J connectivity index is 1.67. The van der Waals surface area contributed by atoms with Gasteiger partial charge in [0.05, 0.1) is 4.88 Å². The van der Waals surface area contributed by atoms with Gasteiger partial charge in [-0.1, -0.05) is 6.92 Å². The molecule has 116 valence electrons. The van der Waals surface area contributed by atoms with Gasteiger partial charge in [-0.25, -0.2) is 0 Å². The maximum Gasteiger partial charge on any atom is 0.263 e. The third kappa shape index (κ3) is 3.49. The number of hydrogen-bond acceptors (Lipinski definition) is 3. The molecule has 1 saturated heterocycles. The van der Waals surface area contributed by atoms with Gasteiger partial charge in [-0.3, -0.25) is 4.79 Å². The Bertz CT molecular complexity index is 469. The van der Waals surface area contributed by atoms with E-state index in [-0.39, 0.29) is 5.91 Å². The first-order chi connectivity index (χ1) is 10.3. The first-order valence-corrected chi connectivity index (χ1v) is 9.21. The molecule has 0 aromatic carbocycles. The number of aryl methyl sites for hydroxylation is 2. The van der Waals surface area contributed by atoms with Crippen molar-refractivity contribution in [3.63, 3.8) is 0 Å². The first kappa shape index (κ1) is 15.0. The predicted octanol–water partition coefficient (Wildman–Crippen LogP) is 3.09. The molecule has 0 saturated carbocycles. The summed E-state index contributed by atoms with van der Waals surface area (Å²) in [6.45, 7) is 6.21. The molecule has 1 amide bonds. The highest BCUT2D eigenvalue weighted by Crippen LogP contribution is 2.31. The van der Waals surface area contributed by atoms with Crippen molar-refractivity contribution < 1.29 is 4.79 Å². The van der Waals surface area contributed by atoms with Gasteiger partial charge >= 0.3 is 0 Å². The quantitative estimate of drug-likeness (QED) is 0.906. The van der Waals surface area contributed by atoms with Gasteiger partial charge in [0, 0.05) is 18.0 Å². The van der Waals surface area contributed by atoms with E-state index in [1.165, 1.54) is 42.5 Å². The van der Waals surface area contributed by atoms with Crippen LogP contribution in [0.25, 0.3) is 0 Å². The van der Waals surface area contributed by atoms with Crippen molar-refractivity contribution in [1.29, 1.82) is 0 Å². The molecule has 0 bridgehead atoms. The Morgan fingerprint density at radius 2 is 2.19 bits per heavy atom. The zero-order valence-electron chi connectivity index (χ0n) is 13.0. The van der Waals surface area contributed by atoms with E-state index in [9.17, 15) is 4.79 Å². The van der Waals surface area contributed by atoms with Crippen molar-refractivity contribution in [3.8, 4) is 0 Å². The predicted molar refractivity (Wildman–Crippen MR) is 88.1 cm³/mol. The van der Waals surface area contributed by atoms with Crippen LogP contribution < -0.4 is 5.32 Å². The molecule has 1 fully saturated rings. The van der Waals surface area contributed by atoms with Gasteiger partial charge in [0.15, 0.2) is 0 Å². The Kier molecular flexibility index (Phi) is 4.96. The highest BCUT2D eigenvalue weighted by atomic mass is 32.1. The van der Waals surface area contributed by atoms with Crippen LogP contribution in [-0.4, -0.2) is 37.0 Å². The molecule has 0 unspecified atom stereocenters. The minimum absolute atomic E-state index is 0.273. The number of piperidine rings is 1. The zero-order chi connectivity index (χ0) is 14.7. The van der Waals surface area contributed by atoms with E-state index in [1.807, 2.05) is 0 Å². The normalized spacial score (nSPS) is 18.7. The number of carbonyl (C=O) groups excluding carboxylic acids is 1. The van der Waals surface area contributed by atoms with Crippen LogP contribution in [0.4, 0.5) is 0 Å². The van der Waals surface area contributed by atoms with Gasteiger partial charge in [-0.05, 0) is 69.2 Å². The summed E-state index contributed by atoms with van der Waals surface area (Å²) < 4.78 is 0. The highest BCUT2D eigenvalue weighted by Gasteiger charge is 2.24. The summed E-state index contributed by atoms with van der Waals surface area (Å²) >= 11 is 1.74. The fourth-order valence-corrected chi connectivity index (χ4v) is 4.73. The number of nitrogens with zero attached hydrogens (tertiary/aromatic N) is 1. The van der Waals surface area contributed by atoms with Crippen LogP contribution >= 0.6 is 11.3 Å². The minimum atomic E-state index is 0.273. The molecular weight excluding hydrogens is 280 g/mol. The van der Waals surface area contributed by atoms with Crippen LogP contribution in [0.1, 0.15) is 52.7 Å². The Labute approximate surface area is 131 Å². The molecule has 1 aromatic rings. The number of fused-ring (bicyclic) bond motifs is 1. The van der Waals surface area contributed by atoms with Crippen molar-refractivity contribution in [2.24, 2.45) is 5.92 Å².